The van der Waals surface area contributed by atoms with E-state index in [0.717, 1.165) is 30.6 Å². The summed E-state index contributed by atoms with van der Waals surface area (Å²) in [6, 6.07) is 10.9. The third kappa shape index (κ3) is 3.48. The lowest BCUT2D eigenvalue weighted by molar-refractivity contribution is 0.602. The summed E-state index contributed by atoms with van der Waals surface area (Å²) in [4.78, 5) is 4.46. The van der Waals surface area contributed by atoms with Gasteiger partial charge in [-0.15, -0.1) is 24.8 Å². The summed E-state index contributed by atoms with van der Waals surface area (Å²) in [5.74, 6) is -0.196. The predicted molar refractivity (Wildman–Crippen MR) is 83.3 cm³/mol. The molecule has 3 rings (SSSR count). The lowest BCUT2D eigenvalue weighted by atomic mass is 9.97. The highest BCUT2D eigenvalue weighted by Gasteiger charge is 2.20. The van der Waals surface area contributed by atoms with E-state index in [2.05, 4.69) is 16.4 Å². The molecule has 0 aliphatic carbocycles. The van der Waals surface area contributed by atoms with E-state index >= 15 is 0 Å². The van der Waals surface area contributed by atoms with Gasteiger partial charge in [-0.3, -0.25) is 4.98 Å². The Bertz CT molecular complexity index is 546. The highest BCUT2D eigenvalue weighted by molar-refractivity contribution is 5.85. The molecule has 2 aromatic rings. The smallest absolute Gasteiger partial charge is 0.123 e. The Hall–Kier alpha value is -1.16. The van der Waals surface area contributed by atoms with Gasteiger partial charge in [0.2, 0.25) is 0 Å². The van der Waals surface area contributed by atoms with Crippen molar-refractivity contribution in [1.29, 1.82) is 0 Å². The number of aryl methyl sites for hydroxylation is 1. The van der Waals surface area contributed by atoms with Gasteiger partial charge < -0.3 is 5.32 Å². The van der Waals surface area contributed by atoms with Crippen LogP contribution in [0.4, 0.5) is 4.39 Å². The third-order valence-electron chi connectivity index (χ3n) is 3.38. The molecule has 1 unspecified atom stereocenters. The Morgan fingerprint density at radius 3 is 2.60 bits per heavy atom. The Kier molecular flexibility index (Phi) is 6.40. The molecule has 1 aliphatic rings. The van der Waals surface area contributed by atoms with Gasteiger partial charge in [0.15, 0.2) is 0 Å². The number of hydrogen-bond acceptors (Lipinski definition) is 2. The molecule has 108 valence electrons. The fraction of sp³-hybridized carbons (Fsp3) is 0.267. The van der Waals surface area contributed by atoms with Gasteiger partial charge in [0, 0.05) is 11.9 Å². The molecule has 1 aliphatic heterocycles. The molecule has 1 atom stereocenters. The molecule has 5 heteroatoms. The van der Waals surface area contributed by atoms with E-state index in [1.807, 2.05) is 24.4 Å². The summed E-state index contributed by atoms with van der Waals surface area (Å²) in [6.07, 6.45) is 3.93. The molecular weight excluding hydrogens is 298 g/mol. The van der Waals surface area contributed by atoms with Crippen molar-refractivity contribution in [3.05, 3.63) is 65.2 Å². The zero-order valence-electron chi connectivity index (χ0n) is 10.9. The monoisotopic (exact) mass is 314 g/mol. The molecule has 0 fully saturated rings. The van der Waals surface area contributed by atoms with Gasteiger partial charge in [-0.05, 0) is 48.7 Å². The maximum absolute atomic E-state index is 13.0. The van der Waals surface area contributed by atoms with Gasteiger partial charge in [-0.1, -0.05) is 18.2 Å². The summed E-state index contributed by atoms with van der Waals surface area (Å²) in [5, 5.41) is 3.51. The SMILES string of the molecule is Cl.Cl.Fc1ccc(C2NCCCc3ncccc32)cc1. The van der Waals surface area contributed by atoms with Crippen molar-refractivity contribution in [2.45, 2.75) is 18.9 Å². The summed E-state index contributed by atoms with van der Waals surface area (Å²) in [5.41, 5.74) is 3.45. The molecule has 2 heterocycles. The largest absolute Gasteiger partial charge is 0.306 e. The third-order valence-corrected chi connectivity index (χ3v) is 3.38. The first-order valence-electron chi connectivity index (χ1n) is 6.27. The fourth-order valence-electron chi connectivity index (χ4n) is 2.49. The van der Waals surface area contributed by atoms with Crippen molar-refractivity contribution < 1.29 is 4.39 Å². The minimum Gasteiger partial charge on any atom is -0.306 e. The molecule has 1 N–H and O–H groups in total. The van der Waals surface area contributed by atoms with Crippen LogP contribution in [0.1, 0.15) is 29.3 Å². The van der Waals surface area contributed by atoms with Crippen LogP contribution in [0, 0.1) is 5.82 Å². The number of benzene rings is 1. The molecule has 0 amide bonds. The van der Waals surface area contributed by atoms with Crippen LogP contribution in [0.3, 0.4) is 0 Å². The number of nitrogens with zero attached hydrogens (tertiary/aromatic N) is 1. The Labute approximate surface area is 130 Å². The van der Waals surface area contributed by atoms with E-state index in [1.54, 1.807) is 0 Å². The van der Waals surface area contributed by atoms with E-state index in [1.165, 1.54) is 17.7 Å². The fourth-order valence-corrected chi connectivity index (χ4v) is 2.49. The first-order valence-corrected chi connectivity index (χ1v) is 6.27. The summed E-state index contributed by atoms with van der Waals surface area (Å²) in [7, 11) is 0. The van der Waals surface area contributed by atoms with Crippen molar-refractivity contribution in [3.8, 4) is 0 Å². The molecule has 20 heavy (non-hydrogen) atoms. The van der Waals surface area contributed by atoms with Crippen molar-refractivity contribution in [2.75, 3.05) is 6.54 Å². The van der Waals surface area contributed by atoms with Crippen LogP contribution in [0.25, 0.3) is 0 Å². The molecule has 0 bridgehead atoms. The summed E-state index contributed by atoms with van der Waals surface area (Å²) >= 11 is 0. The number of nitrogens with one attached hydrogen (secondary N) is 1. The average molecular weight is 315 g/mol. The van der Waals surface area contributed by atoms with Crippen LogP contribution in [-0.4, -0.2) is 11.5 Å². The van der Waals surface area contributed by atoms with E-state index in [9.17, 15) is 4.39 Å². The number of halogens is 3. The number of hydrogen-bond donors (Lipinski definition) is 1. The highest BCUT2D eigenvalue weighted by atomic mass is 35.5. The second-order valence-electron chi connectivity index (χ2n) is 4.58. The highest BCUT2D eigenvalue weighted by Crippen LogP contribution is 2.27. The van der Waals surface area contributed by atoms with Crippen molar-refractivity contribution in [2.24, 2.45) is 0 Å². The van der Waals surface area contributed by atoms with E-state index < -0.39 is 0 Å². The number of rotatable bonds is 1. The lowest BCUT2D eigenvalue weighted by Crippen LogP contribution is -2.22. The number of aromatic nitrogens is 1. The molecular formula is C15H17Cl2FN2. The van der Waals surface area contributed by atoms with Crippen LogP contribution in [0.15, 0.2) is 42.6 Å². The van der Waals surface area contributed by atoms with Crippen LogP contribution in [0.5, 0.6) is 0 Å². The summed E-state index contributed by atoms with van der Waals surface area (Å²) in [6.45, 7) is 0.957. The first kappa shape index (κ1) is 16.9. The standard InChI is InChI=1S/C15H15FN2.2ClH/c16-12-7-5-11(6-8-12)15-13-3-1-9-17-14(13)4-2-10-18-15;;/h1,3,5-9,15,18H,2,4,10H2;2*1H. The Balaban J connectivity index is 0.000001000. The van der Waals surface area contributed by atoms with Crippen molar-refractivity contribution in [1.82, 2.24) is 10.3 Å². The topological polar surface area (TPSA) is 24.9 Å². The second kappa shape index (κ2) is 7.58. The Morgan fingerprint density at radius 2 is 1.85 bits per heavy atom. The van der Waals surface area contributed by atoms with Crippen molar-refractivity contribution in [3.63, 3.8) is 0 Å². The molecule has 0 spiro atoms. The minimum absolute atomic E-state index is 0. The molecule has 1 aromatic heterocycles. The number of pyridine rings is 1. The van der Waals surface area contributed by atoms with Crippen molar-refractivity contribution >= 4 is 24.8 Å². The van der Waals surface area contributed by atoms with Gasteiger partial charge in [-0.25, -0.2) is 4.39 Å². The molecule has 1 aromatic carbocycles. The molecule has 0 radical (unpaired) electrons. The maximum atomic E-state index is 13.0. The quantitative estimate of drug-likeness (QED) is 0.868. The first-order chi connectivity index (χ1) is 8.84. The van der Waals surface area contributed by atoms with Gasteiger partial charge in [0.25, 0.3) is 0 Å². The van der Waals surface area contributed by atoms with E-state index in [0.29, 0.717) is 0 Å². The summed E-state index contributed by atoms with van der Waals surface area (Å²) < 4.78 is 13.0. The van der Waals surface area contributed by atoms with Gasteiger partial charge >= 0.3 is 0 Å². The van der Waals surface area contributed by atoms with E-state index in [-0.39, 0.29) is 36.7 Å². The molecule has 0 saturated heterocycles. The van der Waals surface area contributed by atoms with Crippen LogP contribution >= 0.6 is 24.8 Å². The maximum Gasteiger partial charge on any atom is 0.123 e. The van der Waals surface area contributed by atoms with Gasteiger partial charge in [-0.2, -0.15) is 0 Å². The van der Waals surface area contributed by atoms with Crippen LogP contribution in [-0.2, 0) is 6.42 Å². The second-order valence-corrected chi connectivity index (χ2v) is 4.58. The van der Waals surface area contributed by atoms with Crippen LogP contribution < -0.4 is 5.32 Å². The molecule has 2 nitrogen and oxygen atoms in total. The van der Waals surface area contributed by atoms with Gasteiger partial charge in [0.05, 0.1) is 6.04 Å². The van der Waals surface area contributed by atoms with Gasteiger partial charge in [0.1, 0.15) is 5.82 Å². The molecule has 0 saturated carbocycles. The lowest BCUT2D eigenvalue weighted by Gasteiger charge is -2.18. The van der Waals surface area contributed by atoms with E-state index in [4.69, 9.17) is 0 Å². The normalized spacial score (nSPS) is 17.1. The predicted octanol–water partition coefficient (Wildman–Crippen LogP) is 3.69. The Morgan fingerprint density at radius 1 is 1.10 bits per heavy atom. The van der Waals surface area contributed by atoms with Crippen LogP contribution in [0.2, 0.25) is 0 Å². The minimum atomic E-state index is -0.196. The zero-order chi connectivity index (χ0) is 12.4. The average Bonchev–Trinajstić information content (AvgIpc) is 2.62. The number of fused-ring (bicyclic) bond motifs is 1. The zero-order valence-corrected chi connectivity index (χ0v) is 12.5.